The van der Waals surface area contributed by atoms with E-state index in [1.165, 1.54) is 43.0 Å². The number of hydrogen-bond donors (Lipinski definition) is 1. The summed E-state index contributed by atoms with van der Waals surface area (Å²) in [4.78, 5) is 10.3. The highest BCUT2D eigenvalue weighted by Crippen LogP contribution is 2.41. The van der Waals surface area contributed by atoms with Crippen molar-refractivity contribution >= 4 is 5.57 Å². The van der Waals surface area contributed by atoms with Crippen molar-refractivity contribution in [2.24, 2.45) is 5.92 Å². The largest absolute Gasteiger partial charge is 0.360 e. The van der Waals surface area contributed by atoms with Gasteiger partial charge in [0.2, 0.25) is 0 Å². The number of aromatic amines is 1. The number of H-pyrrole nitrogens is 1. The minimum absolute atomic E-state index is 0.218. The molecule has 1 fully saturated rings. The summed E-state index contributed by atoms with van der Waals surface area (Å²) in [6.45, 7) is 4.64. The van der Waals surface area contributed by atoms with Crippen LogP contribution in [0.25, 0.3) is 28.0 Å². The molecule has 2 aliphatic rings. The molecule has 2 unspecified atom stereocenters. The predicted molar refractivity (Wildman–Crippen MR) is 120 cm³/mol. The summed E-state index contributed by atoms with van der Waals surface area (Å²) in [5, 5.41) is 0. The van der Waals surface area contributed by atoms with Gasteiger partial charge in [-0.15, -0.1) is 0 Å². The molecule has 4 heteroatoms. The molecule has 0 bridgehead atoms. The molecule has 2 atom stereocenters. The lowest BCUT2D eigenvalue weighted by Gasteiger charge is -2.28. The zero-order chi connectivity index (χ0) is 20.5. The van der Waals surface area contributed by atoms with Gasteiger partial charge in [-0.3, -0.25) is 9.88 Å². The first-order chi connectivity index (χ1) is 14.7. The molecule has 4 heterocycles. The van der Waals surface area contributed by atoms with Crippen LogP contribution in [0.1, 0.15) is 38.2 Å². The van der Waals surface area contributed by atoms with Gasteiger partial charge in [-0.05, 0) is 60.6 Å². The molecule has 0 spiro atoms. The highest BCUT2D eigenvalue weighted by Gasteiger charge is 2.33. The fourth-order valence-electron chi connectivity index (χ4n) is 5.25. The second-order valence-electron chi connectivity index (χ2n) is 8.59. The van der Waals surface area contributed by atoms with Crippen molar-refractivity contribution in [3.63, 3.8) is 0 Å². The number of fused-ring (bicyclic) bond motifs is 1. The molecule has 5 rings (SSSR count). The zero-order valence-electron chi connectivity index (χ0n) is 17.4. The summed E-state index contributed by atoms with van der Waals surface area (Å²) >= 11 is 0. The second-order valence-corrected chi connectivity index (χ2v) is 8.59. The van der Waals surface area contributed by atoms with Crippen LogP contribution < -0.4 is 0 Å². The maximum atomic E-state index is 14.0. The molecule has 1 saturated heterocycles. The van der Waals surface area contributed by atoms with E-state index in [0.717, 1.165) is 41.3 Å². The Balaban J connectivity index is 1.57. The summed E-state index contributed by atoms with van der Waals surface area (Å²) in [6, 6.07) is 11.4. The van der Waals surface area contributed by atoms with Crippen molar-refractivity contribution in [3.05, 3.63) is 72.4 Å². The van der Waals surface area contributed by atoms with Gasteiger partial charge in [0.25, 0.3) is 0 Å². The summed E-state index contributed by atoms with van der Waals surface area (Å²) in [7, 11) is 0. The van der Waals surface area contributed by atoms with Crippen LogP contribution in [0.5, 0.6) is 0 Å². The van der Waals surface area contributed by atoms with E-state index in [0.29, 0.717) is 6.04 Å². The molecule has 0 amide bonds. The molecule has 30 heavy (non-hydrogen) atoms. The first-order valence-corrected chi connectivity index (χ1v) is 11.1. The van der Waals surface area contributed by atoms with Crippen LogP contribution in [0.2, 0.25) is 0 Å². The van der Waals surface area contributed by atoms with Crippen molar-refractivity contribution < 1.29 is 4.39 Å². The predicted octanol–water partition coefficient (Wildman–Crippen LogP) is 6.16. The molecule has 3 aromatic rings. The van der Waals surface area contributed by atoms with Crippen molar-refractivity contribution in [2.45, 2.75) is 38.6 Å². The van der Waals surface area contributed by atoms with E-state index in [4.69, 9.17) is 0 Å². The van der Waals surface area contributed by atoms with Gasteiger partial charge >= 0.3 is 0 Å². The van der Waals surface area contributed by atoms with Crippen LogP contribution in [-0.4, -0.2) is 34.0 Å². The molecule has 1 aromatic carbocycles. The van der Waals surface area contributed by atoms with Crippen molar-refractivity contribution in [2.75, 3.05) is 13.1 Å². The smallest absolute Gasteiger partial charge is 0.123 e. The maximum Gasteiger partial charge on any atom is 0.123 e. The highest BCUT2D eigenvalue weighted by atomic mass is 19.1. The molecule has 0 radical (unpaired) electrons. The van der Waals surface area contributed by atoms with Gasteiger partial charge in [-0.25, -0.2) is 4.39 Å². The van der Waals surface area contributed by atoms with Crippen LogP contribution in [0.15, 0.2) is 61.1 Å². The van der Waals surface area contributed by atoms with Crippen LogP contribution in [-0.2, 0) is 0 Å². The Morgan fingerprint density at radius 2 is 2.03 bits per heavy atom. The quantitative estimate of drug-likeness (QED) is 0.555. The SMILES string of the molecule is CCCC1CC2C=C(c3c[nH]c(-c4cccc(F)c4)c3-c3ccncc3)CCN2C1. The summed E-state index contributed by atoms with van der Waals surface area (Å²) in [5.74, 6) is 0.606. The fraction of sp³-hybridized carbons (Fsp3) is 0.346. The lowest BCUT2D eigenvalue weighted by atomic mass is 9.90. The third-order valence-corrected chi connectivity index (χ3v) is 6.60. The molecular formula is C26H28FN3. The molecule has 0 aliphatic carbocycles. The molecule has 154 valence electrons. The average molecular weight is 402 g/mol. The molecular weight excluding hydrogens is 373 g/mol. The van der Waals surface area contributed by atoms with Crippen molar-refractivity contribution in [3.8, 4) is 22.4 Å². The molecule has 2 aromatic heterocycles. The number of hydrogen-bond acceptors (Lipinski definition) is 2. The zero-order valence-corrected chi connectivity index (χ0v) is 17.4. The minimum atomic E-state index is -0.218. The van der Waals surface area contributed by atoms with Gasteiger partial charge < -0.3 is 4.98 Å². The number of benzene rings is 1. The standard InChI is InChI=1S/C26H28FN3/c1-2-4-18-13-23-15-20(9-12-30(23)17-18)24-16-29-26(21-5-3-6-22(27)14-21)25(24)19-7-10-28-11-8-19/h3,5-8,10-11,14-16,18,23,29H,2,4,9,12-13,17H2,1H3. The topological polar surface area (TPSA) is 31.9 Å². The van der Waals surface area contributed by atoms with E-state index in [1.807, 2.05) is 30.6 Å². The van der Waals surface area contributed by atoms with Crippen molar-refractivity contribution in [1.82, 2.24) is 14.9 Å². The lowest BCUT2D eigenvalue weighted by molar-refractivity contribution is 0.280. The Kier molecular flexibility index (Phi) is 5.26. The molecule has 2 aliphatic heterocycles. The number of nitrogens with zero attached hydrogens (tertiary/aromatic N) is 2. The van der Waals surface area contributed by atoms with E-state index in [-0.39, 0.29) is 5.82 Å². The van der Waals surface area contributed by atoms with E-state index in [9.17, 15) is 4.39 Å². The maximum absolute atomic E-state index is 14.0. The molecule has 3 nitrogen and oxygen atoms in total. The van der Waals surface area contributed by atoms with E-state index in [1.54, 1.807) is 12.1 Å². The lowest BCUT2D eigenvalue weighted by Crippen LogP contribution is -2.32. The third-order valence-electron chi connectivity index (χ3n) is 6.60. The number of rotatable bonds is 5. The Hall–Kier alpha value is -2.72. The van der Waals surface area contributed by atoms with Crippen molar-refractivity contribution in [1.29, 1.82) is 0 Å². The van der Waals surface area contributed by atoms with Gasteiger partial charge in [-0.1, -0.05) is 31.6 Å². The minimum Gasteiger partial charge on any atom is -0.360 e. The average Bonchev–Trinajstić information content (AvgIpc) is 3.38. The van der Waals surface area contributed by atoms with E-state index in [2.05, 4.69) is 34.1 Å². The Labute approximate surface area is 177 Å². The summed E-state index contributed by atoms with van der Waals surface area (Å²) in [5.41, 5.74) is 6.73. The molecule has 0 saturated carbocycles. The number of aromatic nitrogens is 2. The van der Waals surface area contributed by atoms with Gasteiger partial charge in [0.1, 0.15) is 5.82 Å². The van der Waals surface area contributed by atoms with Crippen LogP contribution in [0.4, 0.5) is 4.39 Å². The van der Waals surface area contributed by atoms with E-state index >= 15 is 0 Å². The highest BCUT2D eigenvalue weighted by molar-refractivity contribution is 5.91. The fourth-order valence-corrected chi connectivity index (χ4v) is 5.25. The number of nitrogens with one attached hydrogen (secondary N) is 1. The Morgan fingerprint density at radius 1 is 1.17 bits per heavy atom. The molecule has 1 N–H and O–H groups in total. The summed E-state index contributed by atoms with van der Waals surface area (Å²) < 4.78 is 14.0. The Morgan fingerprint density at radius 3 is 2.83 bits per heavy atom. The Bertz CT molecular complexity index is 1050. The van der Waals surface area contributed by atoms with Crippen LogP contribution in [0, 0.1) is 11.7 Å². The summed E-state index contributed by atoms with van der Waals surface area (Å²) in [6.07, 6.45) is 13.2. The van der Waals surface area contributed by atoms with Gasteiger partial charge in [0, 0.05) is 54.4 Å². The monoisotopic (exact) mass is 401 g/mol. The van der Waals surface area contributed by atoms with Crippen LogP contribution >= 0.6 is 0 Å². The van der Waals surface area contributed by atoms with Gasteiger partial charge in [0.05, 0.1) is 5.69 Å². The normalized spacial score (nSPS) is 21.5. The first-order valence-electron chi connectivity index (χ1n) is 11.1. The third kappa shape index (κ3) is 3.61. The first kappa shape index (κ1) is 19.3. The second kappa shape index (κ2) is 8.19. The van der Waals surface area contributed by atoms with Gasteiger partial charge in [-0.2, -0.15) is 0 Å². The van der Waals surface area contributed by atoms with E-state index < -0.39 is 0 Å². The number of pyridine rings is 1. The van der Waals surface area contributed by atoms with Crippen LogP contribution in [0.3, 0.4) is 0 Å². The number of halogens is 1. The van der Waals surface area contributed by atoms with Gasteiger partial charge in [0.15, 0.2) is 0 Å².